The van der Waals surface area contributed by atoms with Gasteiger partial charge >= 0.3 is 0 Å². The maximum absolute atomic E-state index is 6.24. The lowest BCUT2D eigenvalue weighted by atomic mass is 9.94. The molecule has 9 aromatic rings. The second-order valence-electron chi connectivity index (χ2n) is 11.4. The maximum Gasteiger partial charge on any atom is 0.135 e. The number of hydrogen-bond acceptors (Lipinski definition) is 2. The maximum atomic E-state index is 6.24. The van der Waals surface area contributed by atoms with Crippen LogP contribution in [0.25, 0.3) is 65.4 Å². The summed E-state index contributed by atoms with van der Waals surface area (Å²) in [5, 5.41) is 9.52. The molecule has 0 spiro atoms. The number of anilines is 3. The molecule has 0 aliphatic rings. The van der Waals surface area contributed by atoms with Gasteiger partial charge in [-0.25, -0.2) is 0 Å². The van der Waals surface area contributed by atoms with Crippen molar-refractivity contribution < 1.29 is 4.42 Å². The van der Waals surface area contributed by atoms with Crippen LogP contribution in [0.15, 0.2) is 168 Å². The SMILES string of the molecule is c1ccc2cc(-c3ccc4ccccc4c3N(c3ccc4ccccc4c3)c3ccc4oc5ccccc5c4c3)ccc2c1. The fraction of sp³-hybridized carbons (Fsp3) is 0. The van der Waals surface area contributed by atoms with Gasteiger partial charge in [-0.1, -0.05) is 121 Å². The van der Waals surface area contributed by atoms with Crippen LogP contribution >= 0.6 is 0 Å². The van der Waals surface area contributed by atoms with Gasteiger partial charge in [0, 0.05) is 33.1 Å². The van der Waals surface area contributed by atoms with Crippen molar-refractivity contribution in [1.29, 1.82) is 0 Å². The zero-order chi connectivity index (χ0) is 29.0. The molecule has 0 amide bonds. The molecule has 2 nitrogen and oxygen atoms in total. The summed E-state index contributed by atoms with van der Waals surface area (Å²) in [6.45, 7) is 0. The average Bonchev–Trinajstić information content (AvgIpc) is 3.46. The zero-order valence-electron chi connectivity index (χ0n) is 23.9. The monoisotopic (exact) mass is 561 g/mol. The summed E-state index contributed by atoms with van der Waals surface area (Å²) in [5.41, 5.74) is 7.50. The van der Waals surface area contributed by atoms with E-state index in [1.54, 1.807) is 0 Å². The van der Waals surface area contributed by atoms with Crippen molar-refractivity contribution >= 4 is 71.3 Å². The van der Waals surface area contributed by atoms with E-state index in [1.165, 1.54) is 43.4 Å². The van der Waals surface area contributed by atoms with Crippen molar-refractivity contribution in [1.82, 2.24) is 0 Å². The Hall–Kier alpha value is -5.86. The van der Waals surface area contributed by atoms with Gasteiger partial charge in [-0.2, -0.15) is 0 Å². The molecular formula is C42H27NO. The molecule has 8 aromatic carbocycles. The fourth-order valence-corrected chi connectivity index (χ4v) is 6.66. The molecule has 0 aliphatic carbocycles. The summed E-state index contributed by atoms with van der Waals surface area (Å²) in [6.07, 6.45) is 0. The first-order chi connectivity index (χ1) is 21.8. The Bertz CT molecular complexity index is 2520. The van der Waals surface area contributed by atoms with Crippen molar-refractivity contribution in [3.63, 3.8) is 0 Å². The molecule has 0 saturated heterocycles. The number of para-hydroxylation sites is 1. The number of fused-ring (bicyclic) bond motifs is 6. The molecule has 206 valence electrons. The molecule has 0 aliphatic heterocycles. The molecule has 9 rings (SSSR count). The first-order valence-electron chi connectivity index (χ1n) is 15.0. The van der Waals surface area contributed by atoms with E-state index in [9.17, 15) is 0 Å². The lowest BCUT2D eigenvalue weighted by Crippen LogP contribution is -2.12. The third-order valence-electron chi connectivity index (χ3n) is 8.79. The fourth-order valence-electron chi connectivity index (χ4n) is 6.66. The van der Waals surface area contributed by atoms with Gasteiger partial charge < -0.3 is 9.32 Å². The van der Waals surface area contributed by atoms with Gasteiger partial charge in [0.15, 0.2) is 0 Å². The Kier molecular flexibility index (Phi) is 5.54. The average molecular weight is 562 g/mol. The predicted octanol–water partition coefficient (Wildman–Crippen LogP) is 12.2. The highest BCUT2D eigenvalue weighted by Crippen LogP contribution is 2.47. The molecule has 0 N–H and O–H groups in total. The van der Waals surface area contributed by atoms with Gasteiger partial charge in [-0.3, -0.25) is 0 Å². The molecule has 1 aromatic heterocycles. The van der Waals surface area contributed by atoms with Gasteiger partial charge in [0.25, 0.3) is 0 Å². The Morgan fingerprint density at radius 1 is 0.364 bits per heavy atom. The molecule has 44 heavy (non-hydrogen) atoms. The number of rotatable bonds is 4. The summed E-state index contributed by atoms with van der Waals surface area (Å²) in [6, 6.07) is 58.8. The van der Waals surface area contributed by atoms with Crippen LogP contribution < -0.4 is 4.90 Å². The second-order valence-corrected chi connectivity index (χ2v) is 11.4. The molecule has 0 radical (unpaired) electrons. The van der Waals surface area contributed by atoms with Gasteiger partial charge in [-0.05, 0) is 75.0 Å². The minimum absolute atomic E-state index is 0.890. The second kappa shape index (κ2) is 9.86. The largest absolute Gasteiger partial charge is 0.456 e. The molecule has 0 saturated carbocycles. The van der Waals surface area contributed by atoms with E-state index in [0.29, 0.717) is 0 Å². The van der Waals surface area contributed by atoms with Crippen LogP contribution in [0.2, 0.25) is 0 Å². The first-order valence-corrected chi connectivity index (χ1v) is 15.0. The van der Waals surface area contributed by atoms with Crippen LogP contribution in [0.1, 0.15) is 0 Å². The summed E-state index contributed by atoms with van der Waals surface area (Å²) < 4.78 is 6.24. The third kappa shape index (κ3) is 3.96. The lowest BCUT2D eigenvalue weighted by molar-refractivity contribution is 0.669. The molecule has 0 bridgehead atoms. The van der Waals surface area contributed by atoms with Crippen LogP contribution in [0, 0.1) is 0 Å². The number of nitrogens with zero attached hydrogens (tertiary/aromatic N) is 1. The van der Waals surface area contributed by atoms with Crippen LogP contribution in [0.5, 0.6) is 0 Å². The van der Waals surface area contributed by atoms with E-state index < -0.39 is 0 Å². The minimum atomic E-state index is 0.890. The normalized spacial score (nSPS) is 11.6. The predicted molar refractivity (Wildman–Crippen MR) is 186 cm³/mol. The zero-order valence-corrected chi connectivity index (χ0v) is 23.9. The van der Waals surface area contributed by atoms with Crippen LogP contribution in [-0.2, 0) is 0 Å². The first kappa shape index (κ1) is 24.7. The van der Waals surface area contributed by atoms with Gasteiger partial charge in [0.05, 0.1) is 5.69 Å². The Morgan fingerprint density at radius 2 is 0.932 bits per heavy atom. The highest BCUT2D eigenvalue weighted by Gasteiger charge is 2.22. The number of hydrogen-bond donors (Lipinski definition) is 0. The standard InChI is InChI=1S/C42H27NO/c1-3-12-31-25-33(18-17-28(31)9-1)37-23-20-30-11-5-6-14-36(30)42(37)43(34-21-19-29-10-2-4-13-32(29)26-34)35-22-24-41-39(27-35)38-15-7-8-16-40(38)44-41/h1-27H. The van der Waals surface area contributed by atoms with E-state index in [4.69, 9.17) is 4.42 Å². The van der Waals surface area contributed by atoms with E-state index in [1.807, 2.05) is 12.1 Å². The molecule has 0 fully saturated rings. The summed E-state index contributed by atoms with van der Waals surface area (Å²) in [7, 11) is 0. The highest BCUT2D eigenvalue weighted by molar-refractivity contribution is 6.10. The Morgan fingerprint density at radius 3 is 1.75 bits per heavy atom. The highest BCUT2D eigenvalue weighted by atomic mass is 16.3. The quantitative estimate of drug-likeness (QED) is 0.212. The number of benzene rings is 8. The van der Waals surface area contributed by atoms with Crippen LogP contribution in [-0.4, -0.2) is 0 Å². The van der Waals surface area contributed by atoms with Crippen molar-refractivity contribution in [2.75, 3.05) is 4.90 Å². The van der Waals surface area contributed by atoms with E-state index >= 15 is 0 Å². The van der Waals surface area contributed by atoms with E-state index in [0.717, 1.165) is 39.0 Å². The topological polar surface area (TPSA) is 16.4 Å². The summed E-state index contributed by atoms with van der Waals surface area (Å²) >= 11 is 0. The molecule has 0 unspecified atom stereocenters. The van der Waals surface area contributed by atoms with Crippen molar-refractivity contribution in [2.45, 2.75) is 0 Å². The Labute approximate surface area is 255 Å². The van der Waals surface area contributed by atoms with Crippen LogP contribution in [0.3, 0.4) is 0 Å². The van der Waals surface area contributed by atoms with E-state index in [-0.39, 0.29) is 0 Å². The van der Waals surface area contributed by atoms with Crippen molar-refractivity contribution in [2.24, 2.45) is 0 Å². The molecule has 0 atom stereocenters. The molecule has 2 heteroatoms. The van der Waals surface area contributed by atoms with Gasteiger partial charge in [-0.15, -0.1) is 0 Å². The van der Waals surface area contributed by atoms with Gasteiger partial charge in [0.2, 0.25) is 0 Å². The molecule has 1 heterocycles. The van der Waals surface area contributed by atoms with Gasteiger partial charge in [0.1, 0.15) is 11.2 Å². The van der Waals surface area contributed by atoms with E-state index in [2.05, 4.69) is 157 Å². The van der Waals surface area contributed by atoms with Crippen molar-refractivity contribution in [3.05, 3.63) is 164 Å². The summed E-state index contributed by atoms with van der Waals surface area (Å²) in [5.74, 6) is 0. The van der Waals surface area contributed by atoms with Crippen molar-refractivity contribution in [3.8, 4) is 11.1 Å². The smallest absolute Gasteiger partial charge is 0.135 e. The molecular weight excluding hydrogens is 534 g/mol. The van der Waals surface area contributed by atoms with Crippen LogP contribution in [0.4, 0.5) is 17.1 Å². The lowest BCUT2D eigenvalue weighted by Gasteiger charge is -2.30. The minimum Gasteiger partial charge on any atom is -0.456 e. The summed E-state index contributed by atoms with van der Waals surface area (Å²) in [4.78, 5) is 2.43. The third-order valence-corrected chi connectivity index (χ3v) is 8.79. The Balaban J connectivity index is 1.38. The number of furan rings is 1.